The van der Waals surface area contributed by atoms with Crippen LogP contribution in [0.25, 0.3) is 0 Å². The summed E-state index contributed by atoms with van der Waals surface area (Å²) in [6, 6.07) is 18.8. The minimum atomic E-state index is -3.85. The second-order valence-corrected chi connectivity index (χ2v) is 8.13. The summed E-state index contributed by atoms with van der Waals surface area (Å²) < 4.78 is 29.6. The molecule has 0 bridgehead atoms. The highest BCUT2D eigenvalue weighted by atomic mass is 35.5. The lowest BCUT2D eigenvalue weighted by Crippen LogP contribution is -2.33. The number of sulfonamides is 1. The Balaban J connectivity index is 2.02. The molecule has 3 aromatic rings. The lowest BCUT2D eigenvalue weighted by molar-refractivity contribution is 0.590. The van der Waals surface area contributed by atoms with E-state index in [0.717, 1.165) is 5.56 Å². The van der Waals surface area contributed by atoms with Crippen LogP contribution in [0.2, 0.25) is 5.15 Å². The SMILES string of the molecule is Cc1nn(C)c(Cl)c1S(=O)(=O)N(CCc1ccccc1)c1ccccc1. The first-order valence-corrected chi connectivity index (χ1v) is 10.0. The standard InChI is InChI=1S/C19H20ClN3O2S/c1-15-18(19(20)22(2)21-15)26(24,25)23(17-11-7-4-8-12-17)14-13-16-9-5-3-6-10-16/h3-12H,13-14H2,1-2H3. The number of aromatic nitrogens is 2. The summed E-state index contributed by atoms with van der Waals surface area (Å²) in [6.07, 6.45) is 0.589. The van der Waals surface area contributed by atoms with Crippen molar-refractivity contribution >= 4 is 27.3 Å². The number of hydrogen-bond acceptors (Lipinski definition) is 3. The van der Waals surface area contributed by atoms with Gasteiger partial charge in [-0.1, -0.05) is 60.1 Å². The quantitative estimate of drug-likeness (QED) is 0.644. The second-order valence-electron chi connectivity index (χ2n) is 5.98. The topological polar surface area (TPSA) is 55.2 Å². The molecule has 136 valence electrons. The first-order valence-electron chi connectivity index (χ1n) is 8.22. The van der Waals surface area contributed by atoms with Crippen LogP contribution in [0.5, 0.6) is 0 Å². The van der Waals surface area contributed by atoms with Gasteiger partial charge in [-0.15, -0.1) is 0 Å². The Kier molecular flexibility index (Phi) is 5.34. The van der Waals surface area contributed by atoms with Crippen molar-refractivity contribution in [3.63, 3.8) is 0 Å². The number of nitrogens with zero attached hydrogens (tertiary/aromatic N) is 3. The fraction of sp³-hybridized carbons (Fsp3) is 0.211. The van der Waals surface area contributed by atoms with E-state index < -0.39 is 10.0 Å². The number of halogens is 1. The summed E-state index contributed by atoms with van der Waals surface area (Å²) in [6.45, 7) is 1.96. The van der Waals surface area contributed by atoms with Crippen LogP contribution in [0.1, 0.15) is 11.3 Å². The molecule has 1 heterocycles. The molecule has 26 heavy (non-hydrogen) atoms. The van der Waals surface area contributed by atoms with Gasteiger partial charge >= 0.3 is 0 Å². The van der Waals surface area contributed by atoms with Gasteiger partial charge in [0, 0.05) is 13.6 Å². The van der Waals surface area contributed by atoms with E-state index >= 15 is 0 Å². The van der Waals surface area contributed by atoms with Crippen molar-refractivity contribution in [2.24, 2.45) is 7.05 Å². The number of rotatable bonds is 6. The molecule has 2 aromatic carbocycles. The summed E-state index contributed by atoms with van der Waals surface area (Å²) in [5, 5.41) is 4.26. The third-order valence-electron chi connectivity index (χ3n) is 4.14. The van der Waals surface area contributed by atoms with E-state index in [4.69, 9.17) is 11.6 Å². The molecular formula is C19H20ClN3O2S. The maximum Gasteiger partial charge on any atom is 0.269 e. The molecular weight excluding hydrogens is 370 g/mol. The highest BCUT2D eigenvalue weighted by molar-refractivity contribution is 7.93. The van der Waals surface area contributed by atoms with Crippen molar-refractivity contribution in [2.45, 2.75) is 18.2 Å². The van der Waals surface area contributed by atoms with Crippen molar-refractivity contribution in [1.29, 1.82) is 0 Å². The maximum atomic E-state index is 13.4. The summed E-state index contributed by atoms with van der Waals surface area (Å²) in [5.41, 5.74) is 2.05. The first-order chi connectivity index (χ1) is 12.4. The van der Waals surface area contributed by atoms with Crippen LogP contribution in [0.3, 0.4) is 0 Å². The monoisotopic (exact) mass is 389 g/mol. The molecule has 0 aliphatic carbocycles. The largest absolute Gasteiger partial charge is 0.269 e. The molecule has 1 aromatic heterocycles. The average molecular weight is 390 g/mol. The number of aryl methyl sites for hydroxylation is 2. The minimum absolute atomic E-state index is 0.0542. The van der Waals surface area contributed by atoms with Crippen LogP contribution in [-0.4, -0.2) is 24.7 Å². The number of anilines is 1. The van der Waals surface area contributed by atoms with Gasteiger partial charge in [0.25, 0.3) is 10.0 Å². The maximum absolute atomic E-state index is 13.4. The van der Waals surface area contributed by atoms with Crippen molar-refractivity contribution in [3.8, 4) is 0 Å². The zero-order chi connectivity index (χ0) is 18.7. The minimum Gasteiger partial charge on any atom is -0.266 e. The highest BCUT2D eigenvalue weighted by Crippen LogP contribution is 2.30. The molecule has 0 saturated carbocycles. The van der Waals surface area contributed by atoms with Crippen LogP contribution >= 0.6 is 11.6 Å². The predicted molar refractivity (Wildman–Crippen MR) is 104 cm³/mol. The Bertz CT molecular complexity index is 986. The van der Waals surface area contributed by atoms with Gasteiger partial charge in [-0.3, -0.25) is 8.99 Å². The fourth-order valence-electron chi connectivity index (χ4n) is 2.87. The van der Waals surface area contributed by atoms with E-state index in [0.29, 0.717) is 24.3 Å². The van der Waals surface area contributed by atoms with Gasteiger partial charge in [-0.25, -0.2) is 8.42 Å². The first kappa shape index (κ1) is 18.5. The zero-order valence-corrected chi connectivity index (χ0v) is 16.2. The molecule has 3 rings (SSSR count). The van der Waals surface area contributed by atoms with E-state index in [1.54, 1.807) is 26.1 Å². The Morgan fingerprint density at radius 2 is 1.62 bits per heavy atom. The Morgan fingerprint density at radius 3 is 2.15 bits per heavy atom. The van der Waals surface area contributed by atoms with E-state index in [2.05, 4.69) is 5.10 Å². The Hall–Kier alpha value is -2.31. The third-order valence-corrected chi connectivity index (χ3v) is 6.66. The average Bonchev–Trinajstić information content (AvgIpc) is 2.89. The van der Waals surface area contributed by atoms with Crippen molar-refractivity contribution < 1.29 is 8.42 Å². The van der Waals surface area contributed by atoms with E-state index in [1.165, 1.54) is 8.99 Å². The van der Waals surface area contributed by atoms with Gasteiger partial charge in [0.05, 0.1) is 11.4 Å². The normalized spacial score (nSPS) is 11.5. The molecule has 0 unspecified atom stereocenters. The molecule has 0 spiro atoms. The summed E-state index contributed by atoms with van der Waals surface area (Å²) >= 11 is 6.24. The van der Waals surface area contributed by atoms with Gasteiger partial charge in [0.2, 0.25) is 0 Å². The second kappa shape index (κ2) is 7.51. The van der Waals surface area contributed by atoms with Crippen molar-refractivity contribution in [2.75, 3.05) is 10.8 Å². The lowest BCUT2D eigenvalue weighted by atomic mass is 10.1. The van der Waals surface area contributed by atoms with Gasteiger partial charge in [-0.2, -0.15) is 5.10 Å². The smallest absolute Gasteiger partial charge is 0.266 e. The third kappa shape index (κ3) is 3.61. The van der Waals surface area contributed by atoms with E-state index in [1.807, 2.05) is 48.5 Å². The molecule has 0 atom stereocenters. The molecule has 0 amide bonds. The molecule has 0 fully saturated rings. The molecule has 0 saturated heterocycles. The van der Waals surface area contributed by atoms with Crippen molar-refractivity contribution in [3.05, 3.63) is 77.1 Å². The Labute approximate surface area is 158 Å². The molecule has 0 radical (unpaired) electrons. The van der Waals surface area contributed by atoms with E-state index in [-0.39, 0.29) is 10.0 Å². The fourth-order valence-corrected chi connectivity index (χ4v) is 5.05. The van der Waals surface area contributed by atoms with Crippen molar-refractivity contribution in [1.82, 2.24) is 9.78 Å². The Morgan fingerprint density at radius 1 is 1.04 bits per heavy atom. The van der Waals surface area contributed by atoms with E-state index in [9.17, 15) is 8.42 Å². The van der Waals surface area contributed by atoms with Crippen LogP contribution in [-0.2, 0) is 23.5 Å². The highest BCUT2D eigenvalue weighted by Gasteiger charge is 2.31. The van der Waals surface area contributed by atoms with Crippen LogP contribution < -0.4 is 4.31 Å². The molecule has 7 heteroatoms. The summed E-state index contributed by atoms with van der Waals surface area (Å²) in [4.78, 5) is 0.0542. The molecule has 5 nitrogen and oxygen atoms in total. The summed E-state index contributed by atoms with van der Waals surface area (Å²) in [5.74, 6) is 0. The van der Waals surface area contributed by atoms with Crippen LogP contribution in [0.4, 0.5) is 5.69 Å². The molecule has 0 aliphatic heterocycles. The molecule has 0 N–H and O–H groups in total. The lowest BCUT2D eigenvalue weighted by Gasteiger charge is -2.24. The number of benzene rings is 2. The van der Waals surface area contributed by atoms with Gasteiger partial charge in [-0.05, 0) is 31.0 Å². The van der Waals surface area contributed by atoms with Gasteiger partial charge in [0.15, 0.2) is 0 Å². The summed E-state index contributed by atoms with van der Waals surface area (Å²) in [7, 11) is -2.22. The predicted octanol–water partition coefficient (Wildman–Crippen LogP) is 3.82. The van der Waals surface area contributed by atoms with Gasteiger partial charge < -0.3 is 0 Å². The number of hydrogen-bond donors (Lipinski definition) is 0. The molecule has 0 aliphatic rings. The van der Waals surface area contributed by atoms with Gasteiger partial charge in [0.1, 0.15) is 10.0 Å². The number of para-hydroxylation sites is 1. The zero-order valence-electron chi connectivity index (χ0n) is 14.6. The van der Waals surface area contributed by atoms with Crippen LogP contribution in [0.15, 0.2) is 65.6 Å². The van der Waals surface area contributed by atoms with Crippen LogP contribution in [0, 0.1) is 6.92 Å².